The van der Waals surface area contributed by atoms with Gasteiger partial charge in [-0.2, -0.15) is 0 Å². The Balaban J connectivity index is 2.52. The van der Waals surface area contributed by atoms with E-state index >= 15 is 0 Å². The van der Waals surface area contributed by atoms with Crippen molar-refractivity contribution in [1.82, 2.24) is 9.97 Å². The van der Waals surface area contributed by atoms with Gasteiger partial charge >= 0.3 is 5.97 Å². The molecule has 0 aliphatic carbocycles. The van der Waals surface area contributed by atoms with Crippen LogP contribution in [0.5, 0.6) is 0 Å². The lowest BCUT2D eigenvalue weighted by atomic mass is 10.1. The number of anilines is 1. The Kier molecular flexibility index (Phi) is 3.90. The van der Waals surface area contributed by atoms with E-state index in [1.54, 1.807) is 6.92 Å². The third-order valence-electron chi connectivity index (χ3n) is 2.83. The number of ether oxygens (including phenoxy) is 1. The molecule has 5 nitrogen and oxygen atoms in total. The van der Waals surface area contributed by atoms with E-state index < -0.39 is 0 Å². The predicted molar refractivity (Wildman–Crippen MR) is 76.9 cm³/mol. The third-order valence-corrected chi connectivity index (χ3v) is 3.69. The van der Waals surface area contributed by atoms with Gasteiger partial charge in [-0.05, 0) is 20.8 Å². The van der Waals surface area contributed by atoms with E-state index in [0.717, 1.165) is 27.8 Å². The summed E-state index contributed by atoms with van der Waals surface area (Å²) in [7, 11) is 1.82. The van der Waals surface area contributed by atoms with Gasteiger partial charge in [0.25, 0.3) is 0 Å². The number of carbonyl (C=O) groups is 1. The van der Waals surface area contributed by atoms with Crippen molar-refractivity contribution >= 4 is 22.4 Å². The van der Waals surface area contributed by atoms with E-state index in [0.29, 0.717) is 12.2 Å². The zero-order valence-electron chi connectivity index (χ0n) is 11.5. The van der Waals surface area contributed by atoms with Gasteiger partial charge in [0.15, 0.2) is 5.13 Å². The molecule has 6 heteroatoms. The van der Waals surface area contributed by atoms with E-state index in [2.05, 4.69) is 15.3 Å². The molecule has 0 saturated heterocycles. The Hall–Kier alpha value is -1.82. The van der Waals surface area contributed by atoms with Crippen molar-refractivity contribution in [2.75, 3.05) is 19.0 Å². The minimum atomic E-state index is -0.307. The van der Waals surface area contributed by atoms with Crippen molar-refractivity contribution in [2.45, 2.75) is 20.8 Å². The van der Waals surface area contributed by atoms with E-state index in [4.69, 9.17) is 4.74 Å². The first-order chi connectivity index (χ1) is 9.08. The number of H-pyrrole nitrogens is 1. The smallest absolute Gasteiger partial charge is 0.340 e. The summed E-state index contributed by atoms with van der Waals surface area (Å²) in [5, 5.41) is 5.76. The summed E-state index contributed by atoms with van der Waals surface area (Å²) in [6.07, 6.45) is 0. The lowest BCUT2D eigenvalue weighted by molar-refractivity contribution is 0.0526. The molecule has 0 bridgehead atoms. The first-order valence-electron chi connectivity index (χ1n) is 6.08. The summed E-state index contributed by atoms with van der Waals surface area (Å²) in [5.74, 6) is -0.307. The van der Waals surface area contributed by atoms with Crippen LogP contribution in [0.15, 0.2) is 5.38 Å². The number of nitrogens with zero attached hydrogens (tertiary/aromatic N) is 1. The molecule has 102 valence electrons. The van der Waals surface area contributed by atoms with Gasteiger partial charge < -0.3 is 15.0 Å². The van der Waals surface area contributed by atoms with Crippen LogP contribution in [0.25, 0.3) is 11.3 Å². The second-order valence-corrected chi connectivity index (χ2v) is 4.99. The van der Waals surface area contributed by atoms with E-state index in [9.17, 15) is 4.79 Å². The number of rotatable bonds is 4. The van der Waals surface area contributed by atoms with Crippen LogP contribution in [0, 0.1) is 13.8 Å². The molecule has 0 fully saturated rings. The average molecular weight is 279 g/mol. The summed E-state index contributed by atoms with van der Waals surface area (Å²) >= 11 is 1.51. The molecule has 0 spiro atoms. The van der Waals surface area contributed by atoms with Crippen molar-refractivity contribution in [3.63, 3.8) is 0 Å². The molecule has 0 atom stereocenters. The summed E-state index contributed by atoms with van der Waals surface area (Å²) in [6, 6.07) is 0. The summed E-state index contributed by atoms with van der Waals surface area (Å²) in [5.41, 5.74) is 3.93. The zero-order chi connectivity index (χ0) is 14.0. The fraction of sp³-hybridized carbons (Fsp3) is 0.385. The Morgan fingerprint density at radius 2 is 2.21 bits per heavy atom. The van der Waals surface area contributed by atoms with Crippen molar-refractivity contribution in [3.8, 4) is 11.3 Å². The molecule has 0 aromatic carbocycles. The van der Waals surface area contributed by atoms with Gasteiger partial charge in [-0.3, -0.25) is 0 Å². The maximum atomic E-state index is 12.1. The average Bonchev–Trinajstić information content (AvgIpc) is 2.93. The van der Waals surface area contributed by atoms with Crippen molar-refractivity contribution in [2.24, 2.45) is 0 Å². The minimum absolute atomic E-state index is 0.307. The fourth-order valence-corrected chi connectivity index (χ4v) is 2.73. The summed E-state index contributed by atoms with van der Waals surface area (Å²) in [4.78, 5) is 19.7. The Morgan fingerprint density at radius 3 is 2.79 bits per heavy atom. The van der Waals surface area contributed by atoms with Crippen LogP contribution in [-0.4, -0.2) is 29.6 Å². The second-order valence-electron chi connectivity index (χ2n) is 4.13. The fourth-order valence-electron chi connectivity index (χ4n) is 2.06. The molecule has 0 unspecified atom stereocenters. The van der Waals surface area contributed by atoms with Crippen LogP contribution in [0.2, 0.25) is 0 Å². The highest BCUT2D eigenvalue weighted by atomic mass is 32.1. The lowest BCUT2D eigenvalue weighted by Crippen LogP contribution is -2.06. The topological polar surface area (TPSA) is 67.0 Å². The molecule has 2 N–H and O–H groups in total. The molecule has 0 amide bonds. The standard InChI is InChI=1S/C13H17N3O2S/c1-5-18-12(17)11-8(3)15-7(2)10(11)9-6-19-13(14-4)16-9/h6,15H,5H2,1-4H3,(H,14,16). The van der Waals surface area contributed by atoms with E-state index in [1.807, 2.05) is 26.3 Å². The van der Waals surface area contributed by atoms with Crippen LogP contribution in [0.4, 0.5) is 5.13 Å². The Labute approximate surface area is 116 Å². The number of carbonyl (C=O) groups excluding carboxylic acids is 1. The first-order valence-corrected chi connectivity index (χ1v) is 6.96. The van der Waals surface area contributed by atoms with Gasteiger partial charge in [-0.25, -0.2) is 9.78 Å². The largest absolute Gasteiger partial charge is 0.462 e. The highest BCUT2D eigenvalue weighted by Crippen LogP contribution is 2.32. The quantitative estimate of drug-likeness (QED) is 0.844. The van der Waals surface area contributed by atoms with Gasteiger partial charge in [0.05, 0.1) is 17.9 Å². The second kappa shape index (κ2) is 5.44. The minimum Gasteiger partial charge on any atom is -0.462 e. The molecular weight excluding hydrogens is 262 g/mol. The summed E-state index contributed by atoms with van der Waals surface area (Å²) < 4.78 is 5.12. The molecule has 2 aromatic rings. The van der Waals surface area contributed by atoms with E-state index in [1.165, 1.54) is 11.3 Å². The normalized spacial score (nSPS) is 10.5. The van der Waals surface area contributed by atoms with Crippen LogP contribution in [0.1, 0.15) is 28.7 Å². The maximum Gasteiger partial charge on any atom is 0.340 e. The van der Waals surface area contributed by atoms with Crippen molar-refractivity contribution in [1.29, 1.82) is 0 Å². The SMILES string of the molecule is CCOC(=O)c1c(C)[nH]c(C)c1-c1csc(NC)n1. The molecule has 0 aliphatic rings. The number of hydrogen-bond acceptors (Lipinski definition) is 5. The molecule has 2 rings (SSSR count). The molecule has 2 aromatic heterocycles. The number of aromatic nitrogens is 2. The van der Waals surface area contributed by atoms with Crippen molar-refractivity contribution in [3.05, 3.63) is 22.3 Å². The molecule has 2 heterocycles. The number of hydrogen-bond donors (Lipinski definition) is 2. The summed E-state index contributed by atoms with van der Waals surface area (Å²) in [6.45, 7) is 5.96. The molecular formula is C13H17N3O2S. The predicted octanol–water partition coefficient (Wildman–Crippen LogP) is 2.97. The number of nitrogens with one attached hydrogen (secondary N) is 2. The Bertz CT molecular complexity index is 601. The number of aromatic amines is 1. The van der Waals surface area contributed by atoms with E-state index in [-0.39, 0.29) is 5.97 Å². The number of thiazole rings is 1. The van der Waals surface area contributed by atoms with Gasteiger partial charge in [0.1, 0.15) is 0 Å². The molecule has 19 heavy (non-hydrogen) atoms. The van der Waals surface area contributed by atoms with Crippen LogP contribution >= 0.6 is 11.3 Å². The van der Waals surface area contributed by atoms with Crippen molar-refractivity contribution < 1.29 is 9.53 Å². The maximum absolute atomic E-state index is 12.1. The van der Waals surface area contributed by atoms with Crippen LogP contribution < -0.4 is 5.32 Å². The van der Waals surface area contributed by atoms with Crippen LogP contribution in [0.3, 0.4) is 0 Å². The Morgan fingerprint density at radius 1 is 1.47 bits per heavy atom. The molecule has 0 radical (unpaired) electrons. The molecule has 0 aliphatic heterocycles. The van der Waals surface area contributed by atoms with Gasteiger partial charge in [-0.15, -0.1) is 11.3 Å². The van der Waals surface area contributed by atoms with Gasteiger partial charge in [0.2, 0.25) is 0 Å². The number of aryl methyl sites for hydroxylation is 2. The lowest BCUT2D eigenvalue weighted by Gasteiger charge is -2.04. The zero-order valence-corrected chi connectivity index (χ0v) is 12.3. The first kappa shape index (κ1) is 13.6. The molecule has 0 saturated carbocycles. The highest BCUT2D eigenvalue weighted by Gasteiger charge is 2.23. The van der Waals surface area contributed by atoms with Gasteiger partial charge in [-0.1, -0.05) is 0 Å². The van der Waals surface area contributed by atoms with Gasteiger partial charge in [0, 0.05) is 29.4 Å². The monoisotopic (exact) mass is 279 g/mol. The highest BCUT2D eigenvalue weighted by molar-refractivity contribution is 7.14. The number of esters is 1. The van der Waals surface area contributed by atoms with Crippen LogP contribution in [-0.2, 0) is 4.74 Å². The third kappa shape index (κ3) is 2.49.